The van der Waals surface area contributed by atoms with Crippen molar-refractivity contribution in [3.63, 3.8) is 0 Å². The molecule has 1 amide bonds. The summed E-state index contributed by atoms with van der Waals surface area (Å²) in [5.74, 6) is 1.31. The number of fused-ring (bicyclic) bond motifs is 1. The standard InChI is InChI=1S/C30H28ClN3O4S/c1-30(2,3)19-7-13-24-26(16-19)39-29(27(24)28(35)33-21-10-8-20(31)9-11-21)32-17-23-12-14-25(38-23)18-5-4-6-22(15-18)34(36)37/h4-6,8-12,14-15,17,19H,7,13,16H2,1-3H3,(H,33,35)/t19-/m0/s1. The second-order valence-corrected chi connectivity index (χ2v) is 12.2. The van der Waals surface area contributed by atoms with Gasteiger partial charge in [0.25, 0.3) is 11.6 Å². The Balaban J connectivity index is 1.46. The van der Waals surface area contributed by atoms with Gasteiger partial charge in [-0.25, -0.2) is 4.99 Å². The van der Waals surface area contributed by atoms with Gasteiger partial charge in [-0.3, -0.25) is 14.9 Å². The molecular weight excluding hydrogens is 534 g/mol. The number of aliphatic imine (C=N–C) groups is 1. The van der Waals surface area contributed by atoms with Gasteiger partial charge in [-0.2, -0.15) is 0 Å². The average molecular weight is 562 g/mol. The smallest absolute Gasteiger partial charge is 0.270 e. The summed E-state index contributed by atoms with van der Waals surface area (Å²) < 4.78 is 5.92. The van der Waals surface area contributed by atoms with Gasteiger partial charge in [0.2, 0.25) is 0 Å². The summed E-state index contributed by atoms with van der Waals surface area (Å²) in [5.41, 5.74) is 3.10. The number of halogens is 1. The molecule has 2 aromatic heterocycles. The van der Waals surface area contributed by atoms with Gasteiger partial charge in [0.1, 0.15) is 16.5 Å². The number of thiophene rings is 1. The van der Waals surface area contributed by atoms with Crippen molar-refractivity contribution in [1.29, 1.82) is 0 Å². The van der Waals surface area contributed by atoms with Crippen LogP contribution in [0.15, 0.2) is 70.1 Å². The number of furan rings is 1. The van der Waals surface area contributed by atoms with Gasteiger partial charge in [-0.05, 0) is 72.6 Å². The first-order chi connectivity index (χ1) is 18.6. The fourth-order valence-corrected chi connectivity index (χ4v) is 6.23. The van der Waals surface area contributed by atoms with Gasteiger partial charge in [-0.15, -0.1) is 11.3 Å². The van der Waals surface area contributed by atoms with E-state index in [9.17, 15) is 14.9 Å². The number of nitrogens with zero attached hydrogens (tertiary/aromatic N) is 2. The van der Waals surface area contributed by atoms with Crippen LogP contribution in [0.3, 0.4) is 0 Å². The van der Waals surface area contributed by atoms with Crippen LogP contribution in [0.5, 0.6) is 0 Å². The molecule has 0 radical (unpaired) electrons. The molecule has 39 heavy (non-hydrogen) atoms. The summed E-state index contributed by atoms with van der Waals surface area (Å²) in [6, 6.07) is 16.8. The fraction of sp³-hybridized carbons (Fsp3) is 0.267. The molecule has 1 atom stereocenters. The minimum Gasteiger partial charge on any atom is -0.455 e. The van der Waals surface area contributed by atoms with Crippen LogP contribution in [-0.4, -0.2) is 17.0 Å². The van der Waals surface area contributed by atoms with Crippen molar-refractivity contribution in [2.45, 2.75) is 40.0 Å². The Morgan fingerprint density at radius 2 is 1.95 bits per heavy atom. The van der Waals surface area contributed by atoms with E-state index in [1.807, 2.05) is 0 Å². The number of non-ortho nitro benzene ring substituents is 1. The lowest BCUT2D eigenvalue weighted by Gasteiger charge is -2.33. The summed E-state index contributed by atoms with van der Waals surface area (Å²) in [5, 5.41) is 15.4. The molecule has 4 aromatic rings. The normalized spacial score (nSPS) is 15.3. The van der Waals surface area contributed by atoms with Crippen molar-refractivity contribution in [1.82, 2.24) is 0 Å². The molecular formula is C30H28ClN3O4S. The number of rotatable bonds is 6. The van der Waals surface area contributed by atoms with Crippen molar-refractivity contribution in [2.75, 3.05) is 5.32 Å². The highest BCUT2D eigenvalue weighted by Crippen LogP contribution is 2.45. The lowest BCUT2D eigenvalue weighted by molar-refractivity contribution is -0.384. The number of hydrogen-bond acceptors (Lipinski definition) is 6. The predicted octanol–water partition coefficient (Wildman–Crippen LogP) is 8.72. The number of carbonyl (C=O) groups is 1. The summed E-state index contributed by atoms with van der Waals surface area (Å²) in [6.07, 6.45) is 4.35. The number of hydrogen-bond donors (Lipinski definition) is 1. The highest BCUT2D eigenvalue weighted by Gasteiger charge is 2.33. The number of carbonyl (C=O) groups excluding carboxylic acids is 1. The molecule has 9 heteroatoms. The van der Waals surface area contributed by atoms with Gasteiger partial charge in [0.15, 0.2) is 0 Å². The quantitative estimate of drug-likeness (QED) is 0.144. The Bertz CT molecular complexity index is 1560. The Hall–Kier alpha value is -3.75. The number of anilines is 1. The third-order valence-electron chi connectivity index (χ3n) is 7.08. The summed E-state index contributed by atoms with van der Waals surface area (Å²) >= 11 is 7.57. The third-order valence-corrected chi connectivity index (χ3v) is 8.49. The van der Waals surface area contributed by atoms with E-state index in [1.54, 1.807) is 66.1 Å². The monoisotopic (exact) mass is 561 g/mol. The van der Waals surface area contributed by atoms with E-state index in [0.717, 1.165) is 24.8 Å². The molecule has 0 fully saturated rings. The maximum Gasteiger partial charge on any atom is 0.270 e. The number of nitrogens with one attached hydrogen (secondary N) is 1. The third kappa shape index (κ3) is 5.97. The van der Waals surface area contributed by atoms with Crippen molar-refractivity contribution < 1.29 is 14.1 Å². The lowest BCUT2D eigenvalue weighted by atomic mass is 9.72. The first kappa shape index (κ1) is 26.8. The molecule has 1 N–H and O–H groups in total. The van der Waals surface area contributed by atoms with Crippen LogP contribution in [0.4, 0.5) is 16.4 Å². The summed E-state index contributed by atoms with van der Waals surface area (Å²) in [6.45, 7) is 6.79. The van der Waals surface area contributed by atoms with E-state index in [0.29, 0.717) is 44.3 Å². The Morgan fingerprint density at radius 1 is 1.18 bits per heavy atom. The molecule has 0 saturated heterocycles. The largest absolute Gasteiger partial charge is 0.455 e. The van der Waals surface area contributed by atoms with Gasteiger partial charge in [0.05, 0.1) is 16.7 Å². The molecule has 0 aliphatic heterocycles. The Morgan fingerprint density at radius 3 is 2.67 bits per heavy atom. The highest BCUT2D eigenvalue weighted by atomic mass is 35.5. The summed E-state index contributed by atoms with van der Waals surface area (Å²) in [7, 11) is 0. The molecule has 200 valence electrons. The van der Waals surface area contributed by atoms with Gasteiger partial charge < -0.3 is 9.73 Å². The molecule has 7 nitrogen and oxygen atoms in total. The maximum atomic E-state index is 13.5. The van der Waals surface area contributed by atoms with Crippen molar-refractivity contribution in [2.24, 2.45) is 16.3 Å². The molecule has 1 aliphatic carbocycles. The molecule has 2 aromatic carbocycles. The zero-order valence-corrected chi connectivity index (χ0v) is 23.4. The average Bonchev–Trinajstić information content (AvgIpc) is 3.52. The SMILES string of the molecule is CC(C)(C)[C@H]1CCc2c(sc(N=Cc3ccc(-c4cccc([N+](=O)[O-])c4)o3)c2C(=O)Nc2ccc(Cl)cc2)C1. The van der Waals surface area contributed by atoms with Crippen LogP contribution >= 0.6 is 22.9 Å². The first-order valence-electron chi connectivity index (χ1n) is 12.7. The second kappa shape index (κ2) is 10.8. The molecule has 2 heterocycles. The van der Waals surface area contributed by atoms with Crippen molar-refractivity contribution in [3.8, 4) is 11.3 Å². The van der Waals surface area contributed by atoms with Crippen molar-refractivity contribution in [3.05, 3.63) is 97.6 Å². The number of amides is 1. The molecule has 0 spiro atoms. The topological polar surface area (TPSA) is 97.7 Å². The van der Waals surface area contributed by atoms with Gasteiger partial charge in [0, 0.05) is 33.3 Å². The summed E-state index contributed by atoms with van der Waals surface area (Å²) in [4.78, 5) is 30.1. The Kier molecular flexibility index (Phi) is 7.42. The van der Waals surface area contributed by atoms with E-state index in [-0.39, 0.29) is 17.0 Å². The number of nitro benzene ring substituents is 1. The van der Waals surface area contributed by atoms with Gasteiger partial charge in [-0.1, -0.05) is 44.5 Å². The lowest BCUT2D eigenvalue weighted by Crippen LogP contribution is -2.27. The van der Waals surface area contributed by atoms with E-state index in [2.05, 4.69) is 26.1 Å². The van der Waals surface area contributed by atoms with E-state index in [1.165, 1.54) is 17.0 Å². The van der Waals surface area contributed by atoms with Crippen LogP contribution in [0.25, 0.3) is 11.3 Å². The second-order valence-electron chi connectivity index (χ2n) is 10.7. The number of benzene rings is 2. The molecule has 5 rings (SSSR count). The Labute approximate surface area is 235 Å². The highest BCUT2D eigenvalue weighted by molar-refractivity contribution is 7.16. The maximum absolute atomic E-state index is 13.5. The van der Waals surface area contributed by atoms with Crippen LogP contribution in [0, 0.1) is 21.4 Å². The van der Waals surface area contributed by atoms with Crippen molar-refractivity contribution >= 4 is 51.4 Å². The minimum atomic E-state index is -0.436. The number of nitro groups is 1. The van der Waals surface area contributed by atoms with Crippen LogP contribution in [0.2, 0.25) is 5.02 Å². The van der Waals surface area contributed by atoms with Crippen LogP contribution in [0.1, 0.15) is 53.8 Å². The predicted molar refractivity (Wildman–Crippen MR) is 157 cm³/mol. The van der Waals surface area contributed by atoms with E-state index < -0.39 is 4.92 Å². The molecule has 0 bridgehead atoms. The molecule has 0 unspecified atom stereocenters. The molecule has 1 aliphatic rings. The minimum absolute atomic E-state index is 0.00631. The fourth-order valence-electron chi connectivity index (χ4n) is 4.83. The zero-order valence-electron chi connectivity index (χ0n) is 21.9. The van der Waals surface area contributed by atoms with Crippen LogP contribution < -0.4 is 5.32 Å². The van der Waals surface area contributed by atoms with E-state index >= 15 is 0 Å². The van der Waals surface area contributed by atoms with Crippen LogP contribution in [-0.2, 0) is 12.8 Å². The first-order valence-corrected chi connectivity index (χ1v) is 13.9. The zero-order chi connectivity index (χ0) is 27.7. The van der Waals surface area contributed by atoms with Gasteiger partial charge >= 0.3 is 0 Å². The molecule has 0 saturated carbocycles. The van der Waals surface area contributed by atoms with E-state index in [4.69, 9.17) is 21.0 Å².